The van der Waals surface area contributed by atoms with Gasteiger partial charge in [-0.05, 0) is 29.3 Å². The molecule has 2 aromatic rings. The number of rotatable bonds is 6. The highest BCUT2D eigenvalue weighted by Crippen LogP contribution is 2.46. The van der Waals surface area contributed by atoms with Crippen LogP contribution >= 0.6 is 0 Å². The summed E-state index contributed by atoms with van der Waals surface area (Å²) in [6, 6.07) is 22.6. The minimum Gasteiger partial charge on any atom is -0.415 e. The highest BCUT2D eigenvalue weighted by atomic mass is 28.4. The second-order valence-corrected chi connectivity index (χ2v) is 13.5. The molecule has 2 aromatic carbocycles. The normalized spacial score (nSPS) is 23.5. The smallest absolute Gasteiger partial charge is 0.192 e. The van der Waals surface area contributed by atoms with Crippen molar-refractivity contribution >= 4 is 8.32 Å². The largest absolute Gasteiger partial charge is 0.415 e. The number of hydrogen-bond acceptors (Lipinski definition) is 2. The molecule has 2 nitrogen and oxygen atoms in total. The molecule has 0 bridgehead atoms. The van der Waals surface area contributed by atoms with Crippen LogP contribution in [0.3, 0.4) is 0 Å². The van der Waals surface area contributed by atoms with Crippen molar-refractivity contribution in [3.8, 4) is 0 Å². The van der Waals surface area contributed by atoms with E-state index in [0.717, 1.165) is 13.2 Å². The van der Waals surface area contributed by atoms with Gasteiger partial charge < -0.3 is 4.43 Å². The Kier molecular flexibility index (Phi) is 5.19. The Morgan fingerprint density at radius 2 is 1.48 bits per heavy atom. The second kappa shape index (κ2) is 7.06. The van der Waals surface area contributed by atoms with E-state index < -0.39 is 8.32 Å². The van der Waals surface area contributed by atoms with E-state index >= 15 is 0 Å². The summed E-state index contributed by atoms with van der Waals surface area (Å²) in [7, 11) is -1.71. The van der Waals surface area contributed by atoms with Crippen molar-refractivity contribution in [2.75, 3.05) is 6.61 Å². The molecule has 134 valence electrons. The van der Waals surface area contributed by atoms with Crippen LogP contribution in [0.4, 0.5) is 0 Å². The SMILES string of the molecule is CC(C)(C)[Si](C)(C)OC[C@H]1[C@@H](c2ccccc2)N1Cc1ccccc1. The summed E-state index contributed by atoms with van der Waals surface area (Å²) < 4.78 is 6.53. The Morgan fingerprint density at radius 3 is 2.04 bits per heavy atom. The van der Waals surface area contributed by atoms with E-state index in [1.165, 1.54) is 11.1 Å². The van der Waals surface area contributed by atoms with Gasteiger partial charge in [0.1, 0.15) is 0 Å². The highest BCUT2D eigenvalue weighted by Gasteiger charge is 2.49. The first-order chi connectivity index (χ1) is 11.8. The monoisotopic (exact) mass is 353 g/mol. The first-order valence-electron chi connectivity index (χ1n) is 9.28. The Bertz CT molecular complexity index is 678. The van der Waals surface area contributed by atoms with Crippen LogP contribution in [0.25, 0.3) is 0 Å². The zero-order chi connectivity index (χ0) is 18.1. The lowest BCUT2D eigenvalue weighted by Crippen LogP contribution is -2.41. The minimum atomic E-state index is -1.71. The Hall–Kier alpha value is -1.42. The molecule has 1 unspecified atom stereocenters. The molecular formula is C22H31NOSi. The van der Waals surface area contributed by atoms with Crippen molar-refractivity contribution in [1.29, 1.82) is 0 Å². The summed E-state index contributed by atoms with van der Waals surface area (Å²) >= 11 is 0. The standard InChI is InChI=1S/C22H31NOSi/c1-22(2,3)25(4,5)24-17-20-21(19-14-10-7-11-15-19)23(20)16-18-12-8-6-9-13-18/h6-15,20-21H,16-17H2,1-5H3/t20-,21+,23?/m0/s1. The van der Waals surface area contributed by atoms with Crippen LogP contribution in [0.1, 0.15) is 37.9 Å². The Labute approximate surface area is 154 Å². The van der Waals surface area contributed by atoms with Crippen molar-refractivity contribution in [3.63, 3.8) is 0 Å². The van der Waals surface area contributed by atoms with Crippen LogP contribution in [0.2, 0.25) is 18.1 Å². The van der Waals surface area contributed by atoms with Crippen LogP contribution in [0.15, 0.2) is 60.7 Å². The summed E-state index contributed by atoms with van der Waals surface area (Å²) in [6.07, 6.45) is 0. The second-order valence-electron chi connectivity index (χ2n) is 8.65. The van der Waals surface area contributed by atoms with Gasteiger partial charge in [0.05, 0.1) is 18.7 Å². The number of nitrogens with zero attached hydrogens (tertiary/aromatic N) is 1. The quantitative estimate of drug-likeness (QED) is 0.492. The van der Waals surface area contributed by atoms with E-state index in [9.17, 15) is 0 Å². The maximum Gasteiger partial charge on any atom is 0.192 e. The van der Waals surface area contributed by atoms with Crippen molar-refractivity contribution in [3.05, 3.63) is 71.8 Å². The average Bonchev–Trinajstić information content (AvgIpc) is 3.26. The maximum absolute atomic E-state index is 6.53. The fourth-order valence-corrected chi connectivity index (χ4v) is 4.12. The van der Waals surface area contributed by atoms with Crippen LogP contribution in [-0.4, -0.2) is 25.9 Å². The summed E-state index contributed by atoms with van der Waals surface area (Å²) in [6.45, 7) is 13.4. The van der Waals surface area contributed by atoms with Gasteiger partial charge >= 0.3 is 0 Å². The van der Waals surface area contributed by atoms with Crippen LogP contribution < -0.4 is 0 Å². The van der Waals surface area contributed by atoms with Gasteiger partial charge in [-0.1, -0.05) is 81.4 Å². The first-order valence-corrected chi connectivity index (χ1v) is 12.2. The Balaban J connectivity index is 1.71. The molecule has 0 spiro atoms. The van der Waals surface area contributed by atoms with E-state index in [-0.39, 0.29) is 5.04 Å². The molecule has 0 radical (unpaired) electrons. The molecule has 25 heavy (non-hydrogen) atoms. The average molecular weight is 354 g/mol. The molecule has 1 heterocycles. The van der Waals surface area contributed by atoms with Gasteiger partial charge in [-0.3, -0.25) is 4.90 Å². The minimum absolute atomic E-state index is 0.258. The Morgan fingerprint density at radius 1 is 0.920 bits per heavy atom. The first kappa shape index (κ1) is 18.4. The molecule has 1 saturated heterocycles. The maximum atomic E-state index is 6.53. The van der Waals surface area contributed by atoms with E-state index in [1.807, 2.05) is 0 Å². The fraction of sp³-hybridized carbons (Fsp3) is 0.455. The zero-order valence-corrected chi connectivity index (χ0v) is 17.2. The van der Waals surface area contributed by atoms with Gasteiger partial charge in [0.25, 0.3) is 0 Å². The number of hydrogen-bond donors (Lipinski definition) is 0. The fourth-order valence-electron chi connectivity index (χ4n) is 3.10. The molecule has 1 aliphatic rings. The highest BCUT2D eigenvalue weighted by molar-refractivity contribution is 6.74. The molecule has 1 aliphatic heterocycles. The molecular weight excluding hydrogens is 322 g/mol. The molecule has 3 rings (SSSR count). The van der Waals surface area contributed by atoms with Crippen molar-refractivity contribution in [2.24, 2.45) is 0 Å². The molecule has 0 saturated carbocycles. The third kappa shape index (κ3) is 4.22. The van der Waals surface area contributed by atoms with Gasteiger partial charge in [0.15, 0.2) is 8.32 Å². The lowest BCUT2D eigenvalue weighted by Gasteiger charge is -2.36. The lowest BCUT2D eigenvalue weighted by atomic mass is 10.1. The molecule has 0 amide bonds. The van der Waals surface area contributed by atoms with Crippen molar-refractivity contribution in [2.45, 2.75) is 57.5 Å². The zero-order valence-electron chi connectivity index (χ0n) is 16.2. The predicted molar refractivity (Wildman–Crippen MR) is 108 cm³/mol. The van der Waals surface area contributed by atoms with Crippen LogP contribution in [0.5, 0.6) is 0 Å². The van der Waals surface area contributed by atoms with E-state index in [1.54, 1.807) is 0 Å². The molecule has 3 atom stereocenters. The topological polar surface area (TPSA) is 12.2 Å². The van der Waals surface area contributed by atoms with Gasteiger partial charge in [-0.15, -0.1) is 0 Å². The van der Waals surface area contributed by atoms with Gasteiger partial charge in [0.2, 0.25) is 0 Å². The molecule has 0 N–H and O–H groups in total. The molecule has 0 aliphatic carbocycles. The summed E-state index contributed by atoms with van der Waals surface area (Å²) in [5.74, 6) is 0. The third-order valence-corrected chi connectivity index (χ3v) is 10.3. The van der Waals surface area contributed by atoms with E-state index in [0.29, 0.717) is 12.1 Å². The lowest BCUT2D eigenvalue weighted by molar-refractivity contribution is 0.268. The molecule has 3 heteroatoms. The van der Waals surface area contributed by atoms with Gasteiger partial charge in [0, 0.05) is 6.54 Å². The number of benzene rings is 2. The summed E-state index contributed by atoms with van der Waals surface area (Å²) in [5, 5.41) is 0.258. The summed E-state index contributed by atoms with van der Waals surface area (Å²) in [4.78, 5) is 2.57. The van der Waals surface area contributed by atoms with E-state index in [2.05, 4.69) is 99.4 Å². The molecule has 1 fully saturated rings. The van der Waals surface area contributed by atoms with Gasteiger partial charge in [-0.2, -0.15) is 0 Å². The summed E-state index contributed by atoms with van der Waals surface area (Å²) in [5.41, 5.74) is 2.78. The van der Waals surface area contributed by atoms with Crippen LogP contribution in [-0.2, 0) is 11.0 Å². The third-order valence-electron chi connectivity index (χ3n) is 5.83. The van der Waals surface area contributed by atoms with Gasteiger partial charge in [-0.25, -0.2) is 0 Å². The predicted octanol–water partition coefficient (Wildman–Crippen LogP) is 5.63. The van der Waals surface area contributed by atoms with E-state index in [4.69, 9.17) is 4.43 Å². The molecule has 0 aromatic heterocycles. The van der Waals surface area contributed by atoms with Crippen molar-refractivity contribution in [1.82, 2.24) is 4.90 Å². The van der Waals surface area contributed by atoms with Crippen molar-refractivity contribution < 1.29 is 4.43 Å². The van der Waals surface area contributed by atoms with Crippen LogP contribution in [0, 0.1) is 0 Å².